The van der Waals surface area contributed by atoms with Crippen LogP contribution in [0.3, 0.4) is 0 Å². The number of benzene rings is 1. The third-order valence-corrected chi connectivity index (χ3v) is 6.69. The maximum atomic E-state index is 12.3. The molecule has 148 valence electrons. The van der Waals surface area contributed by atoms with Crippen molar-refractivity contribution >= 4 is 32.2 Å². The van der Waals surface area contributed by atoms with Crippen LogP contribution in [0.15, 0.2) is 28.7 Å². The molecule has 0 fully saturated rings. The Morgan fingerprint density at radius 2 is 2.07 bits per heavy atom. The molecule has 1 aromatic carbocycles. The molecule has 0 spiro atoms. The normalized spacial score (nSPS) is 14.0. The fourth-order valence-electron chi connectivity index (χ4n) is 2.72. The van der Waals surface area contributed by atoms with Gasteiger partial charge in [-0.25, -0.2) is 14.2 Å². The van der Waals surface area contributed by atoms with E-state index in [1.165, 1.54) is 4.52 Å². The maximum Gasteiger partial charge on any atom is 0.293 e. The van der Waals surface area contributed by atoms with Crippen LogP contribution in [0.25, 0.3) is 16.2 Å². The van der Waals surface area contributed by atoms with E-state index < -0.39 is 15.9 Å². The van der Waals surface area contributed by atoms with Crippen LogP contribution in [-0.2, 0) is 14.8 Å². The first kappa shape index (κ1) is 18.7. The number of aromatic nitrogens is 3. The first-order valence-corrected chi connectivity index (χ1v) is 11.1. The first-order valence-electron chi connectivity index (χ1n) is 8.78. The molecule has 0 aliphatic carbocycles. The second-order valence-electron chi connectivity index (χ2n) is 6.21. The zero-order valence-electron chi connectivity index (χ0n) is 15.0. The standard InChI is InChI=1S/C17H18N4O5S2/c1-2-4-15(22)20-28(23,24)17-19-21-10-12(18-16(21)27-17)11-5-6-13-14(9-11)26-8-3-7-25-13/h5-6,9-10H,2-4,7-8H2,1H3,(H,20,22). The lowest BCUT2D eigenvalue weighted by Gasteiger charge is -2.07. The zero-order valence-corrected chi connectivity index (χ0v) is 16.7. The second kappa shape index (κ2) is 7.40. The summed E-state index contributed by atoms with van der Waals surface area (Å²) in [4.78, 5) is 16.5. The average Bonchev–Trinajstić information content (AvgIpc) is 3.13. The number of rotatable bonds is 5. The molecule has 3 aromatic rings. The molecule has 1 aliphatic heterocycles. The van der Waals surface area contributed by atoms with Gasteiger partial charge in [-0.2, -0.15) is 8.42 Å². The number of fused-ring (bicyclic) bond motifs is 2. The number of nitrogens with zero attached hydrogens (tertiary/aromatic N) is 3. The van der Waals surface area contributed by atoms with Crippen LogP contribution in [0.1, 0.15) is 26.2 Å². The van der Waals surface area contributed by atoms with Crippen LogP contribution < -0.4 is 14.2 Å². The van der Waals surface area contributed by atoms with Gasteiger partial charge in [0, 0.05) is 18.4 Å². The van der Waals surface area contributed by atoms with E-state index in [4.69, 9.17) is 9.47 Å². The second-order valence-corrected chi connectivity index (χ2v) is 9.02. The monoisotopic (exact) mass is 422 g/mol. The number of hydrogen-bond donors (Lipinski definition) is 1. The fraction of sp³-hybridized carbons (Fsp3) is 0.353. The highest BCUT2D eigenvalue weighted by atomic mass is 32.2. The summed E-state index contributed by atoms with van der Waals surface area (Å²) in [5.74, 6) is 0.793. The number of carbonyl (C=O) groups excluding carboxylic acids is 1. The van der Waals surface area contributed by atoms with E-state index in [9.17, 15) is 13.2 Å². The molecule has 0 unspecified atom stereocenters. The third kappa shape index (κ3) is 3.67. The van der Waals surface area contributed by atoms with Gasteiger partial charge in [-0.1, -0.05) is 18.3 Å². The lowest BCUT2D eigenvalue weighted by atomic mass is 10.1. The van der Waals surface area contributed by atoms with Gasteiger partial charge >= 0.3 is 0 Å². The number of hydrogen-bond acceptors (Lipinski definition) is 8. The summed E-state index contributed by atoms with van der Waals surface area (Å²) in [6.07, 6.45) is 3.15. The van der Waals surface area contributed by atoms with Crippen molar-refractivity contribution in [3.05, 3.63) is 24.4 Å². The topological polar surface area (TPSA) is 112 Å². The summed E-state index contributed by atoms with van der Waals surface area (Å²) < 4.78 is 39.1. The summed E-state index contributed by atoms with van der Waals surface area (Å²) in [6, 6.07) is 5.54. The summed E-state index contributed by atoms with van der Waals surface area (Å²) in [5, 5.41) is 4.06. The Labute approximate surface area is 165 Å². The van der Waals surface area contributed by atoms with E-state index in [2.05, 4.69) is 10.1 Å². The Bertz CT molecular complexity index is 1100. The van der Waals surface area contributed by atoms with Crippen molar-refractivity contribution in [1.82, 2.24) is 19.3 Å². The van der Waals surface area contributed by atoms with Crippen molar-refractivity contribution in [2.75, 3.05) is 13.2 Å². The number of ether oxygens (including phenoxy) is 2. The number of nitrogens with one attached hydrogen (secondary N) is 1. The lowest BCUT2D eigenvalue weighted by Crippen LogP contribution is -2.30. The quantitative estimate of drug-likeness (QED) is 0.671. The van der Waals surface area contributed by atoms with E-state index in [0.29, 0.717) is 41.8 Å². The summed E-state index contributed by atoms with van der Waals surface area (Å²) in [6.45, 7) is 2.99. The summed E-state index contributed by atoms with van der Waals surface area (Å²) in [5.41, 5.74) is 1.44. The molecule has 3 heterocycles. The smallest absolute Gasteiger partial charge is 0.293 e. The molecule has 0 bridgehead atoms. The van der Waals surface area contributed by atoms with Gasteiger partial charge in [-0.05, 0) is 24.6 Å². The van der Waals surface area contributed by atoms with Crippen molar-refractivity contribution in [3.8, 4) is 22.8 Å². The first-order chi connectivity index (χ1) is 13.5. The molecular formula is C17H18N4O5S2. The summed E-state index contributed by atoms with van der Waals surface area (Å²) >= 11 is 0.894. The van der Waals surface area contributed by atoms with Crippen LogP contribution in [0.5, 0.6) is 11.5 Å². The maximum absolute atomic E-state index is 12.3. The van der Waals surface area contributed by atoms with E-state index in [0.717, 1.165) is 23.3 Å². The van der Waals surface area contributed by atoms with Crippen molar-refractivity contribution in [3.63, 3.8) is 0 Å². The van der Waals surface area contributed by atoms with Gasteiger partial charge in [0.2, 0.25) is 10.9 Å². The van der Waals surface area contributed by atoms with Crippen LogP contribution in [0.4, 0.5) is 0 Å². The van der Waals surface area contributed by atoms with Crippen molar-refractivity contribution in [1.29, 1.82) is 0 Å². The number of amides is 1. The minimum atomic E-state index is -4.00. The van der Waals surface area contributed by atoms with Gasteiger partial charge in [0.05, 0.1) is 25.1 Å². The van der Waals surface area contributed by atoms with Crippen LogP contribution in [0.2, 0.25) is 0 Å². The van der Waals surface area contributed by atoms with Crippen molar-refractivity contribution in [2.24, 2.45) is 0 Å². The van der Waals surface area contributed by atoms with Crippen molar-refractivity contribution in [2.45, 2.75) is 30.5 Å². The number of imidazole rings is 1. The molecule has 1 aliphatic rings. The van der Waals surface area contributed by atoms with Gasteiger partial charge in [0.25, 0.3) is 14.4 Å². The molecule has 1 amide bonds. The van der Waals surface area contributed by atoms with E-state index >= 15 is 0 Å². The summed E-state index contributed by atoms with van der Waals surface area (Å²) in [7, 11) is -4.00. The number of carbonyl (C=O) groups is 1. The Balaban J connectivity index is 1.61. The highest BCUT2D eigenvalue weighted by Crippen LogP contribution is 2.34. The average molecular weight is 422 g/mol. The van der Waals surface area contributed by atoms with Crippen LogP contribution in [-0.4, -0.2) is 42.1 Å². The van der Waals surface area contributed by atoms with Crippen LogP contribution in [0, 0.1) is 0 Å². The van der Waals surface area contributed by atoms with Crippen molar-refractivity contribution < 1.29 is 22.7 Å². The van der Waals surface area contributed by atoms with Gasteiger partial charge in [-0.15, -0.1) is 5.10 Å². The Morgan fingerprint density at radius 1 is 1.29 bits per heavy atom. The van der Waals surface area contributed by atoms with E-state index in [1.54, 1.807) is 13.1 Å². The molecule has 4 rings (SSSR count). The van der Waals surface area contributed by atoms with Gasteiger partial charge in [0.15, 0.2) is 11.5 Å². The molecule has 2 aromatic heterocycles. The van der Waals surface area contributed by atoms with Gasteiger partial charge < -0.3 is 9.47 Å². The lowest BCUT2D eigenvalue weighted by molar-refractivity contribution is -0.119. The molecular weight excluding hydrogens is 404 g/mol. The molecule has 9 nitrogen and oxygen atoms in total. The van der Waals surface area contributed by atoms with E-state index in [1.807, 2.05) is 22.9 Å². The van der Waals surface area contributed by atoms with Gasteiger partial charge in [0.1, 0.15) is 0 Å². The van der Waals surface area contributed by atoms with E-state index in [-0.39, 0.29) is 10.8 Å². The zero-order chi connectivity index (χ0) is 19.7. The predicted molar refractivity (Wildman–Crippen MR) is 102 cm³/mol. The minimum Gasteiger partial charge on any atom is -0.490 e. The highest BCUT2D eigenvalue weighted by Gasteiger charge is 2.23. The fourth-order valence-corrected chi connectivity index (χ4v) is 4.81. The third-order valence-electron chi connectivity index (χ3n) is 4.02. The largest absolute Gasteiger partial charge is 0.490 e. The number of sulfonamides is 1. The molecule has 0 saturated heterocycles. The van der Waals surface area contributed by atoms with Crippen LogP contribution >= 0.6 is 11.3 Å². The molecule has 11 heteroatoms. The molecule has 0 radical (unpaired) electrons. The Hall–Kier alpha value is -2.66. The highest BCUT2D eigenvalue weighted by molar-refractivity contribution is 7.92. The Kier molecular flexibility index (Phi) is 4.94. The SMILES string of the molecule is CCCC(=O)NS(=O)(=O)c1nn2cc(-c3ccc4c(c3)OCCCO4)nc2s1. The predicted octanol–water partition coefficient (Wildman–Crippen LogP) is 2.22. The molecule has 0 saturated carbocycles. The van der Waals surface area contributed by atoms with Gasteiger partial charge in [-0.3, -0.25) is 4.79 Å². The minimum absolute atomic E-state index is 0.135. The molecule has 28 heavy (non-hydrogen) atoms. The molecule has 1 N–H and O–H groups in total. The Morgan fingerprint density at radius 3 is 2.82 bits per heavy atom. The molecule has 0 atom stereocenters.